The average molecular weight is 532 g/mol. The number of esters is 1. The number of methoxy groups -OCH3 is 2. The molecule has 1 aliphatic rings. The molecule has 1 aromatic heterocycles. The van der Waals surface area contributed by atoms with Gasteiger partial charge >= 0.3 is 5.97 Å². The van der Waals surface area contributed by atoms with Crippen LogP contribution in [-0.4, -0.2) is 24.8 Å². The van der Waals surface area contributed by atoms with Crippen molar-refractivity contribution >= 4 is 22.8 Å². The Bertz CT molecular complexity index is 1700. The summed E-state index contributed by atoms with van der Waals surface area (Å²) >= 11 is 0. The van der Waals surface area contributed by atoms with Crippen LogP contribution in [0.15, 0.2) is 97.2 Å². The second kappa shape index (κ2) is 9.97. The third kappa shape index (κ3) is 4.09. The van der Waals surface area contributed by atoms with Crippen LogP contribution in [0.2, 0.25) is 0 Å². The highest BCUT2D eigenvalue weighted by Crippen LogP contribution is 2.52. The fourth-order valence-corrected chi connectivity index (χ4v) is 5.44. The summed E-state index contributed by atoms with van der Waals surface area (Å²) < 4.78 is 26.0. The van der Waals surface area contributed by atoms with Crippen LogP contribution in [0.25, 0.3) is 28.1 Å². The standard InChI is InChI=1S/C34H29NO5/c1-22(36)39-33-28-9-6-5-8-27(28)32-29(31(33)30-10-7-21-35(30)2)19-20-34(40-32,23-11-15-25(37-3)16-12-23)24-13-17-26(38-4)18-14-24/h5-21H,1-4H3. The molecule has 4 aromatic carbocycles. The fourth-order valence-electron chi connectivity index (χ4n) is 5.44. The van der Waals surface area contributed by atoms with Crippen molar-refractivity contribution in [2.24, 2.45) is 7.05 Å². The van der Waals surface area contributed by atoms with Crippen LogP contribution in [0.3, 0.4) is 0 Å². The van der Waals surface area contributed by atoms with Gasteiger partial charge in [-0.2, -0.15) is 0 Å². The van der Waals surface area contributed by atoms with E-state index in [0.717, 1.165) is 50.2 Å². The van der Waals surface area contributed by atoms with E-state index < -0.39 is 5.60 Å². The second-order valence-electron chi connectivity index (χ2n) is 9.72. The lowest BCUT2D eigenvalue weighted by Crippen LogP contribution is -2.34. The highest BCUT2D eigenvalue weighted by Gasteiger charge is 2.39. The van der Waals surface area contributed by atoms with Gasteiger partial charge in [-0.3, -0.25) is 4.79 Å². The van der Waals surface area contributed by atoms with Crippen LogP contribution < -0.4 is 18.9 Å². The molecule has 200 valence electrons. The summed E-state index contributed by atoms with van der Waals surface area (Å²) in [6.45, 7) is 1.42. The quantitative estimate of drug-likeness (QED) is 0.172. The topological polar surface area (TPSA) is 58.9 Å². The van der Waals surface area contributed by atoms with Gasteiger partial charge in [-0.15, -0.1) is 0 Å². The molecule has 5 aromatic rings. The van der Waals surface area contributed by atoms with Crippen molar-refractivity contribution in [3.05, 3.63) is 114 Å². The highest BCUT2D eigenvalue weighted by molar-refractivity contribution is 6.05. The van der Waals surface area contributed by atoms with Gasteiger partial charge in [0.15, 0.2) is 5.60 Å². The number of aromatic nitrogens is 1. The summed E-state index contributed by atoms with van der Waals surface area (Å²) in [5, 5.41) is 1.64. The molecule has 0 spiro atoms. The van der Waals surface area contributed by atoms with E-state index in [0.29, 0.717) is 11.5 Å². The largest absolute Gasteiger partial charge is 0.497 e. The monoisotopic (exact) mass is 531 g/mol. The molecule has 2 heterocycles. The molecule has 1 aliphatic heterocycles. The van der Waals surface area contributed by atoms with Gasteiger partial charge in [-0.1, -0.05) is 48.5 Å². The lowest BCUT2D eigenvalue weighted by molar-refractivity contribution is -0.131. The van der Waals surface area contributed by atoms with E-state index in [1.54, 1.807) is 14.2 Å². The lowest BCUT2D eigenvalue weighted by atomic mass is 9.82. The van der Waals surface area contributed by atoms with Crippen LogP contribution in [0, 0.1) is 0 Å². The number of nitrogens with zero attached hydrogens (tertiary/aromatic N) is 1. The van der Waals surface area contributed by atoms with E-state index in [9.17, 15) is 4.79 Å². The van der Waals surface area contributed by atoms with Crippen LogP contribution in [0.5, 0.6) is 23.0 Å². The third-order valence-corrected chi connectivity index (χ3v) is 7.39. The molecule has 0 fully saturated rings. The maximum absolute atomic E-state index is 12.3. The predicted molar refractivity (Wildman–Crippen MR) is 156 cm³/mol. The fraction of sp³-hybridized carbons (Fsp3) is 0.147. The number of carbonyl (C=O) groups is 1. The Morgan fingerprint density at radius 2 is 1.40 bits per heavy atom. The van der Waals surface area contributed by atoms with Crippen molar-refractivity contribution in [3.63, 3.8) is 0 Å². The van der Waals surface area contributed by atoms with Gasteiger partial charge in [-0.05, 0) is 48.6 Å². The summed E-state index contributed by atoms with van der Waals surface area (Å²) in [4.78, 5) is 12.3. The molecule has 6 rings (SSSR count). The van der Waals surface area contributed by atoms with Crippen molar-refractivity contribution in [2.45, 2.75) is 12.5 Å². The van der Waals surface area contributed by atoms with Gasteiger partial charge in [0, 0.05) is 47.6 Å². The van der Waals surface area contributed by atoms with Crippen LogP contribution in [-0.2, 0) is 17.4 Å². The summed E-state index contributed by atoms with van der Waals surface area (Å²) in [5.41, 5.74) is 3.49. The Morgan fingerprint density at radius 1 is 0.800 bits per heavy atom. The first-order valence-electron chi connectivity index (χ1n) is 13.0. The molecule has 0 bridgehead atoms. The molecule has 0 unspecified atom stereocenters. The SMILES string of the molecule is COc1ccc(C2(c3ccc(OC)cc3)C=Cc3c(-c4cccn4C)c(OC(C)=O)c4ccccc4c3O2)cc1. The van der Waals surface area contributed by atoms with E-state index in [1.165, 1.54) is 6.92 Å². The number of benzene rings is 4. The van der Waals surface area contributed by atoms with Crippen LogP contribution in [0.1, 0.15) is 23.6 Å². The van der Waals surface area contributed by atoms with E-state index >= 15 is 0 Å². The molecule has 0 amide bonds. The van der Waals surface area contributed by atoms with E-state index in [-0.39, 0.29) is 5.97 Å². The molecule has 0 N–H and O–H groups in total. The first-order chi connectivity index (χ1) is 19.4. The second-order valence-corrected chi connectivity index (χ2v) is 9.72. The number of hydrogen-bond donors (Lipinski definition) is 0. The molecule has 6 heteroatoms. The summed E-state index contributed by atoms with van der Waals surface area (Å²) in [5.74, 6) is 2.36. The third-order valence-electron chi connectivity index (χ3n) is 7.39. The molecule has 40 heavy (non-hydrogen) atoms. The van der Waals surface area contributed by atoms with Crippen molar-refractivity contribution in [3.8, 4) is 34.3 Å². The Kier molecular flexibility index (Phi) is 6.31. The first kappa shape index (κ1) is 25.3. The highest BCUT2D eigenvalue weighted by atomic mass is 16.5. The zero-order valence-corrected chi connectivity index (χ0v) is 22.8. The summed E-state index contributed by atoms with van der Waals surface area (Å²) in [7, 11) is 5.28. The maximum atomic E-state index is 12.3. The zero-order chi connectivity index (χ0) is 27.9. The zero-order valence-electron chi connectivity index (χ0n) is 22.8. The van der Waals surface area contributed by atoms with E-state index in [4.69, 9.17) is 18.9 Å². The van der Waals surface area contributed by atoms with E-state index in [2.05, 4.69) is 12.2 Å². The maximum Gasteiger partial charge on any atom is 0.308 e. The van der Waals surface area contributed by atoms with Crippen molar-refractivity contribution in [1.29, 1.82) is 0 Å². The van der Waals surface area contributed by atoms with Gasteiger partial charge in [0.1, 0.15) is 23.0 Å². The van der Waals surface area contributed by atoms with Gasteiger partial charge in [0.25, 0.3) is 0 Å². The van der Waals surface area contributed by atoms with Gasteiger partial charge in [-0.25, -0.2) is 0 Å². The first-order valence-corrected chi connectivity index (χ1v) is 13.0. The van der Waals surface area contributed by atoms with E-state index in [1.807, 2.05) is 103 Å². The van der Waals surface area contributed by atoms with Gasteiger partial charge < -0.3 is 23.5 Å². The van der Waals surface area contributed by atoms with Crippen molar-refractivity contribution in [1.82, 2.24) is 4.57 Å². The predicted octanol–water partition coefficient (Wildman–Crippen LogP) is 7.14. The number of aryl methyl sites for hydroxylation is 1. The normalized spacial score (nSPS) is 13.4. The smallest absolute Gasteiger partial charge is 0.308 e. The minimum absolute atomic E-state index is 0.382. The minimum atomic E-state index is -0.942. The Morgan fingerprint density at radius 3 is 1.93 bits per heavy atom. The molecule has 6 nitrogen and oxygen atoms in total. The number of rotatable bonds is 6. The van der Waals surface area contributed by atoms with Crippen LogP contribution >= 0.6 is 0 Å². The summed E-state index contributed by atoms with van der Waals surface area (Å²) in [6.07, 6.45) is 6.12. The number of ether oxygens (including phenoxy) is 4. The average Bonchev–Trinajstić information content (AvgIpc) is 3.42. The molecular formula is C34H29NO5. The Balaban J connectivity index is 1.66. The van der Waals surface area contributed by atoms with Crippen LogP contribution in [0.4, 0.5) is 0 Å². The van der Waals surface area contributed by atoms with Crippen molar-refractivity contribution < 1.29 is 23.7 Å². The Hall–Kier alpha value is -4.97. The molecule has 0 aliphatic carbocycles. The molecular weight excluding hydrogens is 502 g/mol. The molecule has 0 saturated carbocycles. The van der Waals surface area contributed by atoms with Gasteiger partial charge in [0.2, 0.25) is 0 Å². The molecule has 0 radical (unpaired) electrons. The number of hydrogen-bond acceptors (Lipinski definition) is 5. The Labute approximate surface area is 233 Å². The minimum Gasteiger partial charge on any atom is -0.497 e. The number of carbonyl (C=O) groups excluding carboxylic acids is 1. The summed E-state index contributed by atoms with van der Waals surface area (Å²) in [6, 6.07) is 27.7. The molecule has 0 saturated heterocycles. The van der Waals surface area contributed by atoms with Gasteiger partial charge in [0.05, 0.1) is 25.5 Å². The number of fused-ring (bicyclic) bond motifs is 3. The van der Waals surface area contributed by atoms with Crippen molar-refractivity contribution in [2.75, 3.05) is 14.2 Å². The lowest BCUT2D eigenvalue weighted by Gasteiger charge is -2.37. The molecule has 0 atom stereocenters.